The van der Waals surface area contributed by atoms with Crippen molar-refractivity contribution in [2.75, 3.05) is 11.4 Å². The number of hydrogen-bond donors (Lipinski definition) is 2. The molecule has 110 valence electrons. The molecule has 6 heteroatoms. The Morgan fingerprint density at radius 3 is 2.38 bits per heavy atom. The molecule has 0 aliphatic carbocycles. The second-order valence-electron chi connectivity index (χ2n) is 4.71. The van der Waals surface area contributed by atoms with Crippen LogP contribution in [0.2, 0.25) is 0 Å². The Hall–Kier alpha value is -1.92. The van der Waals surface area contributed by atoms with Crippen LogP contribution in [0.3, 0.4) is 0 Å². The largest absolute Gasteiger partial charge is 0.488 e. The molecule has 0 aromatic heterocycles. The standard InChI is InChI=1S/C15H16BF2NO2/c1-2-19(14-5-3-4-12(17)8-14)10-11-6-7-13(18)9-15(11)16(20)21/h3-9,20-21H,2,10H2,1H3. The van der Waals surface area contributed by atoms with E-state index in [0.29, 0.717) is 24.3 Å². The number of hydrogen-bond acceptors (Lipinski definition) is 3. The highest BCUT2D eigenvalue weighted by Crippen LogP contribution is 2.18. The van der Waals surface area contributed by atoms with Gasteiger partial charge in [-0.15, -0.1) is 0 Å². The van der Waals surface area contributed by atoms with Crippen LogP contribution in [0.1, 0.15) is 12.5 Å². The van der Waals surface area contributed by atoms with Gasteiger partial charge in [-0.3, -0.25) is 0 Å². The number of halogens is 2. The Morgan fingerprint density at radius 1 is 1.05 bits per heavy atom. The minimum atomic E-state index is -1.75. The second kappa shape index (κ2) is 6.69. The third-order valence-corrected chi connectivity index (χ3v) is 3.30. The van der Waals surface area contributed by atoms with Crippen LogP contribution in [-0.2, 0) is 6.54 Å². The van der Waals surface area contributed by atoms with E-state index in [1.807, 2.05) is 11.8 Å². The highest BCUT2D eigenvalue weighted by atomic mass is 19.1. The van der Waals surface area contributed by atoms with E-state index in [9.17, 15) is 18.8 Å². The smallest absolute Gasteiger partial charge is 0.423 e. The molecule has 0 aliphatic heterocycles. The van der Waals surface area contributed by atoms with Gasteiger partial charge in [0, 0.05) is 18.8 Å². The van der Waals surface area contributed by atoms with Gasteiger partial charge < -0.3 is 14.9 Å². The Balaban J connectivity index is 2.31. The topological polar surface area (TPSA) is 43.7 Å². The van der Waals surface area contributed by atoms with Crippen molar-refractivity contribution in [2.24, 2.45) is 0 Å². The first-order valence-corrected chi connectivity index (χ1v) is 6.66. The summed E-state index contributed by atoms with van der Waals surface area (Å²) >= 11 is 0. The highest BCUT2D eigenvalue weighted by Gasteiger charge is 2.18. The van der Waals surface area contributed by atoms with E-state index in [1.165, 1.54) is 24.3 Å². The molecule has 0 unspecified atom stereocenters. The monoisotopic (exact) mass is 291 g/mol. The maximum atomic E-state index is 13.3. The number of nitrogens with zero attached hydrogens (tertiary/aromatic N) is 1. The lowest BCUT2D eigenvalue weighted by Crippen LogP contribution is -2.36. The molecule has 2 aromatic carbocycles. The zero-order chi connectivity index (χ0) is 15.4. The highest BCUT2D eigenvalue weighted by molar-refractivity contribution is 6.59. The van der Waals surface area contributed by atoms with Crippen molar-refractivity contribution >= 4 is 18.3 Å². The first kappa shape index (κ1) is 15.5. The number of anilines is 1. The van der Waals surface area contributed by atoms with Gasteiger partial charge in [0.1, 0.15) is 11.6 Å². The molecule has 2 rings (SSSR count). The minimum absolute atomic E-state index is 0.116. The van der Waals surface area contributed by atoms with E-state index in [1.54, 1.807) is 12.1 Å². The first-order valence-electron chi connectivity index (χ1n) is 6.66. The molecule has 0 saturated carbocycles. The van der Waals surface area contributed by atoms with Gasteiger partial charge in [0.15, 0.2) is 0 Å². The third-order valence-electron chi connectivity index (χ3n) is 3.30. The van der Waals surface area contributed by atoms with Crippen LogP contribution in [0, 0.1) is 11.6 Å². The van der Waals surface area contributed by atoms with E-state index < -0.39 is 12.9 Å². The van der Waals surface area contributed by atoms with Gasteiger partial charge >= 0.3 is 7.12 Å². The summed E-state index contributed by atoms with van der Waals surface area (Å²) in [6, 6.07) is 10.0. The summed E-state index contributed by atoms with van der Waals surface area (Å²) < 4.78 is 26.5. The predicted molar refractivity (Wildman–Crippen MR) is 79.3 cm³/mol. The van der Waals surface area contributed by atoms with Gasteiger partial charge in [-0.25, -0.2) is 8.78 Å². The zero-order valence-corrected chi connectivity index (χ0v) is 11.6. The molecule has 0 fully saturated rings. The second-order valence-corrected chi connectivity index (χ2v) is 4.71. The lowest BCUT2D eigenvalue weighted by molar-refractivity contribution is 0.425. The van der Waals surface area contributed by atoms with Gasteiger partial charge in [0.25, 0.3) is 0 Å². The Bertz CT molecular complexity index is 622. The summed E-state index contributed by atoms with van der Waals surface area (Å²) in [5.74, 6) is -0.872. The van der Waals surface area contributed by atoms with E-state index in [2.05, 4.69) is 0 Å². The fourth-order valence-electron chi connectivity index (χ4n) is 2.21. The molecule has 21 heavy (non-hydrogen) atoms. The van der Waals surface area contributed by atoms with Crippen LogP contribution in [0.15, 0.2) is 42.5 Å². The molecule has 0 spiro atoms. The van der Waals surface area contributed by atoms with Gasteiger partial charge in [-0.2, -0.15) is 0 Å². The average molecular weight is 291 g/mol. The summed E-state index contributed by atoms with van der Waals surface area (Å²) in [5, 5.41) is 18.7. The minimum Gasteiger partial charge on any atom is -0.423 e. The maximum absolute atomic E-state index is 13.3. The predicted octanol–water partition coefficient (Wildman–Crippen LogP) is 1.67. The zero-order valence-electron chi connectivity index (χ0n) is 11.6. The molecule has 0 heterocycles. The quantitative estimate of drug-likeness (QED) is 0.824. The van der Waals surface area contributed by atoms with Crippen molar-refractivity contribution < 1.29 is 18.8 Å². The normalized spacial score (nSPS) is 10.5. The maximum Gasteiger partial charge on any atom is 0.488 e. The molecule has 0 saturated heterocycles. The van der Waals surface area contributed by atoms with Crippen LogP contribution in [0.4, 0.5) is 14.5 Å². The lowest BCUT2D eigenvalue weighted by Gasteiger charge is -2.24. The molecule has 2 aromatic rings. The van der Waals surface area contributed by atoms with E-state index >= 15 is 0 Å². The lowest BCUT2D eigenvalue weighted by atomic mass is 9.77. The molecule has 0 aliphatic rings. The fraction of sp³-hybridized carbons (Fsp3) is 0.200. The average Bonchev–Trinajstić information content (AvgIpc) is 2.45. The summed E-state index contributed by atoms with van der Waals surface area (Å²) in [5.41, 5.74) is 1.38. The fourth-order valence-corrected chi connectivity index (χ4v) is 2.21. The Kier molecular flexibility index (Phi) is 4.93. The summed E-state index contributed by atoms with van der Waals surface area (Å²) in [4.78, 5) is 1.86. The van der Waals surface area contributed by atoms with Crippen LogP contribution in [0.5, 0.6) is 0 Å². The van der Waals surface area contributed by atoms with Gasteiger partial charge in [-0.05, 0) is 48.3 Å². The van der Waals surface area contributed by atoms with Crippen molar-refractivity contribution in [1.82, 2.24) is 0 Å². The van der Waals surface area contributed by atoms with Gasteiger partial charge in [0.05, 0.1) is 0 Å². The van der Waals surface area contributed by atoms with E-state index in [4.69, 9.17) is 0 Å². The molecule has 0 radical (unpaired) electrons. The number of benzene rings is 2. The van der Waals surface area contributed by atoms with Crippen molar-refractivity contribution in [1.29, 1.82) is 0 Å². The molecular weight excluding hydrogens is 275 g/mol. The van der Waals surface area contributed by atoms with Crippen LogP contribution in [0.25, 0.3) is 0 Å². The van der Waals surface area contributed by atoms with Crippen molar-refractivity contribution in [3.8, 4) is 0 Å². The van der Waals surface area contributed by atoms with Gasteiger partial charge in [0.2, 0.25) is 0 Å². The van der Waals surface area contributed by atoms with Crippen LogP contribution < -0.4 is 10.4 Å². The first-order chi connectivity index (χ1) is 10.0. The molecule has 3 nitrogen and oxygen atoms in total. The van der Waals surface area contributed by atoms with Crippen molar-refractivity contribution in [3.05, 3.63) is 59.7 Å². The molecular formula is C15H16BF2NO2. The van der Waals surface area contributed by atoms with Crippen LogP contribution >= 0.6 is 0 Å². The third kappa shape index (κ3) is 3.80. The Morgan fingerprint density at radius 2 is 1.76 bits per heavy atom. The number of rotatable bonds is 5. The van der Waals surface area contributed by atoms with Crippen molar-refractivity contribution in [3.63, 3.8) is 0 Å². The van der Waals surface area contributed by atoms with E-state index in [-0.39, 0.29) is 11.3 Å². The molecule has 2 N–H and O–H groups in total. The van der Waals surface area contributed by atoms with Gasteiger partial charge in [-0.1, -0.05) is 12.1 Å². The SMILES string of the molecule is CCN(Cc1ccc(F)cc1B(O)O)c1cccc(F)c1. The molecule has 0 bridgehead atoms. The summed E-state index contributed by atoms with van der Waals surface area (Å²) in [6.45, 7) is 2.83. The molecule has 0 amide bonds. The summed E-state index contributed by atoms with van der Waals surface area (Å²) in [6.07, 6.45) is 0. The summed E-state index contributed by atoms with van der Waals surface area (Å²) in [7, 11) is -1.75. The van der Waals surface area contributed by atoms with Crippen molar-refractivity contribution in [2.45, 2.75) is 13.5 Å². The van der Waals surface area contributed by atoms with E-state index in [0.717, 1.165) is 6.07 Å². The van der Waals surface area contributed by atoms with Crippen LogP contribution in [-0.4, -0.2) is 23.7 Å². The Labute approximate surface area is 122 Å². The molecule has 0 atom stereocenters.